The van der Waals surface area contributed by atoms with Crippen LogP contribution in [0.15, 0.2) is 18.2 Å². The number of carbonyl (C=O) groups is 3. The quantitative estimate of drug-likeness (QED) is 0.225. The molecule has 8 nitrogen and oxygen atoms in total. The van der Waals surface area contributed by atoms with E-state index in [-0.39, 0.29) is 51.9 Å². The van der Waals surface area contributed by atoms with Gasteiger partial charge in [0.2, 0.25) is 0 Å². The Morgan fingerprint density at radius 1 is 0.939 bits per heavy atom. The summed E-state index contributed by atoms with van der Waals surface area (Å²) in [5, 5.41) is 21.0. The van der Waals surface area contributed by atoms with Crippen LogP contribution in [-0.4, -0.2) is 35.0 Å². The molecule has 0 atom stereocenters. The second kappa shape index (κ2) is 10.4. The Bertz CT molecular complexity index is 1090. The zero-order chi connectivity index (χ0) is 24.1. The lowest BCUT2D eigenvalue weighted by Gasteiger charge is -2.17. The van der Waals surface area contributed by atoms with E-state index in [2.05, 4.69) is 0 Å². The fraction of sp³-hybridized carbons (Fsp3) is 0.400. The molecule has 2 aromatic rings. The van der Waals surface area contributed by atoms with Gasteiger partial charge in [-0.2, -0.15) is 0 Å². The van der Waals surface area contributed by atoms with Crippen LogP contribution < -0.4 is 9.47 Å². The van der Waals surface area contributed by atoms with E-state index in [4.69, 9.17) is 14.2 Å². The van der Waals surface area contributed by atoms with Crippen LogP contribution in [0.5, 0.6) is 28.7 Å². The molecule has 8 heteroatoms. The van der Waals surface area contributed by atoms with Gasteiger partial charge in [0.15, 0.2) is 17.3 Å². The van der Waals surface area contributed by atoms with Gasteiger partial charge in [-0.05, 0) is 25.3 Å². The van der Waals surface area contributed by atoms with E-state index in [1.807, 2.05) is 13.8 Å². The zero-order valence-electron chi connectivity index (χ0n) is 19.0. The highest BCUT2D eigenvalue weighted by molar-refractivity contribution is 6.04. The molecular weight excluding hydrogens is 428 g/mol. The molecule has 0 saturated heterocycles. The Hall–Kier alpha value is -3.55. The van der Waals surface area contributed by atoms with Crippen LogP contribution in [0.4, 0.5) is 0 Å². The van der Waals surface area contributed by atoms with Crippen LogP contribution in [0, 0.1) is 0 Å². The molecule has 0 aliphatic carbocycles. The smallest absolute Gasteiger partial charge is 0.347 e. The number of benzene rings is 2. The molecule has 2 aromatic carbocycles. The summed E-state index contributed by atoms with van der Waals surface area (Å²) in [4.78, 5) is 37.7. The highest BCUT2D eigenvalue weighted by Gasteiger charge is 2.32. The molecule has 33 heavy (non-hydrogen) atoms. The molecular formula is C25H28O8. The minimum Gasteiger partial charge on any atom is -0.507 e. The maximum atomic E-state index is 12.9. The van der Waals surface area contributed by atoms with Crippen LogP contribution in [0.2, 0.25) is 0 Å². The Kier molecular flexibility index (Phi) is 7.58. The highest BCUT2D eigenvalue weighted by Crippen LogP contribution is 2.46. The van der Waals surface area contributed by atoms with Crippen LogP contribution >= 0.6 is 0 Å². The minimum atomic E-state index is -0.807. The number of phenols is 2. The summed E-state index contributed by atoms with van der Waals surface area (Å²) in [6.45, 7) is 3.98. The summed E-state index contributed by atoms with van der Waals surface area (Å²) >= 11 is 0. The number of methoxy groups -OCH3 is 1. The number of rotatable bonds is 9. The van der Waals surface area contributed by atoms with Crippen molar-refractivity contribution < 1.29 is 38.8 Å². The Morgan fingerprint density at radius 2 is 1.64 bits per heavy atom. The van der Waals surface area contributed by atoms with Crippen molar-refractivity contribution in [1.82, 2.24) is 0 Å². The predicted octanol–water partition coefficient (Wildman–Crippen LogP) is 5.31. The molecule has 176 valence electrons. The molecule has 0 aromatic heterocycles. The topological polar surface area (TPSA) is 119 Å². The van der Waals surface area contributed by atoms with Crippen LogP contribution in [0.25, 0.3) is 0 Å². The number of phenolic OH excluding ortho intramolecular Hbond substituents is 2. The molecule has 0 bridgehead atoms. The number of fused-ring (bicyclic) bond motifs is 2. The summed E-state index contributed by atoms with van der Waals surface area (Å²) in [6.07, 6.45) is 4.54. The third-order valence-electron chi connectivity index (χ3n) is 5.53. The van der Waals surface area contributed by atoms with Crippen LogP contribution in [0.1, 0.15) is 89.0 Å². The summed E-state index contributed by atoms with van der Waals surface area (Å²) in [5.41, 5.74) is 0.244. The predicted molar refractivity (Wildman–Crippen MR) is 120 cm³/mol. The van der Waals surface area contributed by atoms with Crippen molar-refractivity contribution in [1.29, 1.82) is 0 Å². The maximum absolute atomic E-state index is 12.9. The van der Waals surface area contributed by atoms with Crippen molar-refractivity contribution in [2.24, 2.45) is 0 Å². The number of ether oxygens (including phenoxy) is 3. The fourth-order valence-electron chi connectivity index (χ4n) is 3.76. The minimum absolute atomic E-state index is 0.00923. The summed E-state index contributed by atoms with van der Waals surface area (Å²) in [5.74, 6) is -2.55. The van der Waals surface area contributed by atoms with E-state index >= 15 is 0 Å². The Balaban J connectivity index is 2.13. The molecule has 1 aliphatic heterocycles. The van der Waals surface area contributed by atoms with Gasteiger partial charge in [0.1, 0.15) is 28.4 Å². The largest absolute Gasteiger partial charge is 0.507 e. The van der Waals surface area contributed by atoms with Crippen molar-refractivity contribution >= 4 is 17.7 Å². The molecule has 3 rings (SSSR count). The first-order valence-corrected chi connectivity index (χ1v) is 11.1. The number of carbonyl (C=O) groups excluding carboxylic acids is 3. The number of hydrogen-bond donors (Lipinski definition) is 2. The molecule has 0 unspecified atom stereocenters. The first-order chi connectivity index (χ1) is 15.8. The molecule has 0 fully saturated rings. The standard InChI is InChI=1S/C25H28O8/c1-4-6-8-9-14-22(25(30)31-3)19(28)13-21-23(14)32-20-12-18(27)15(17(26)10-7-5-2)11-16(20)24(29)33-21/h11-13,27-28H,4-10H2,1-3H3. The van der Waals surface area contributed by atoms with Gasteiger partial charge in [0.25, 0.3) is 0 Å². The lowest BCUT2D eigenvalue weighted by atomic mass is 9.98. The van der Waals surface area contributed by atoms with Crippen LogP contribution in [-0.2, 0) is 11.2 Å². The highest BCUT2D eigenvalue weighted by atomic mass is 16.6. The van der Waals surface area contributed by atoms with E-state index in [1.54, 1.807) is 0 Å². The second-order valence-corrected chi connectivity index (χ2v) is 7.91. The third-order valence-corrected chi connectivity index (χ3v) is 5.53. The van der Waals surface area contributed by atoms with Crippen molar-refractivity contribution in [3.05, 3.63) is 40.5 Å². The molecule has 0 spiro atoms. The summed E-state index contributed by atoms with van der Waals surface area (Å²) in [6, 6.07) is 3.59. The summed E-state index contributed by atoms with van der Waals surface area (Å²) < 4.78 is 16.3. The second-order valence-electron chi connectivity index (χ2n) is 7.91. The number of ketones is 1. The average molecular weight is 456 g/mol. The van der Waals surface area contributed by atoms with Gasteiger partial charge >= 0.3 is 11.9 Å². The number of unbranched alkanes of at least 4 members (excludes halogenated alkanes) is 3. The van der Waals surface area contributed by atoms with Gasteiger partial charge < -0.3 is 24.4 Å². The Morgan fingerprint density at radius 3 is 2.30 bits per heavy atom. The van der Waals surface area contributed by atoms with E-state index in [0.29, 0.717) is 24.8 Å². The van der Waals surface area contributed by atoms with E-state index in [1.165, 1.54) is 19.2 Å². The van der Waals surface area contributed by atoms with Gasteiger partial charge in [-0.1, -0.05) is 33.1 Å². The molecule has 1 heterocycles. The first kappa shape index (κ1) is 24.1. The zero-order valence-corrected chi connectivity index (χ0v) is 19.0. The lowest BCUT2D eigenvalue weighted by molar-refractivity contribution is 0.0595. The van der Waals surface area contributed by atoms with Crippen molar-refractivity contribution in [2.45, 2.75) is 58.8 Å². The Labute approximate surface area is 192 Å². The maximum Gasteiger partial charge on any atom is 0.347 e. The molecule has 2 N–H and O–H groups in total. The molecule has 0 amide bonds. The molecule has 1 aliphatic rings. The SMILES string of the molecule is CCCCCc1c2c(cc(O)c1C(=O)OC)OC(=O)c1cc(C(=O)CCCC)c(O)cc1O2. The van der Waals surface area contributed by atoms with Crippen molar-refractivity contribution in [2.75, 3.05) is 7.11 Å². The van der Waals surface area contributed by atoms with Gasteiger partial charge in [-0.3, -0.25) is 4.79 Å². The summed E-state index contributed by atoms with van der Waals surface area (Å²) in [7, 11) is 1.20. The van der Waals surface area contributed by atoms with Gasteiger partial charge in [-0.15, -0.1) is 0 Å². The fourth-order valence-corrected chi connectivity index (χ4v) is 3.76. The monoisotopic (exact) mass is 456 g/mol. The van der Waals surface area contributed by atoms with Crippen LogP contribution in [0.3, 0.4) is 0 Å². The van der Waals surface area contributed by atoms with E-state index in [9.17, 15) is 24.6 Å². The normalized spacial score (nSPS) is 12.2. The third kappa shape index (κ3) is 4.94. The van der Waals surface area contributed by atoms with Crippen molar-refractivity contribution in [3.63, 3.8) is 0 Å². The number of hydrogen-bond acceptors (Lipinski definition) is 8. The lowest BCUT2D eigenvalue weighted by Crippen LogP contribution is -2.10. The van der Waals surface area contributed by atoms with E-state index in [0.717, 1.165) is 25.3 Å². The average Bonchev–Trinajstić information content (AvgIpc) is 2.91. The molecule has 0 radical (unpaired) electrons. The number of Topliss-reactive ketones (excluding diaryl/α,β-unsaturated/α-hetero) is 1. The number of esters is 2. The van der Waals surface area contributed by atoms with Gasteiger partial charge in [0, 0.05) is 24.1 Å². The van der Waals surface area contributed by atoms with E-state index < -0.39 is 17.7 Å². The molecule has 0 saturated carbocycles. The number of aromatic hydroxyl groups is 2. The van der Waals surface area contributed by atoms with Crippen molar-refractivity contribution in [3.8, 4) is 28.7 Å². The van der Waals surface area contributed by atoms with Gasteiger partial charge in [0.05, 0.1) is 12.7 Å². The van der Waals surface area contributed by atoms with Gasteiger partial charge in [-0.25, -0.2) is 9.59 Å². The first-order valence-electron chi connectivity index (χ1n) is 11.1.